The van der Waals surface area contributed by atoms with Crippen molar-refractivity contribution in [1.29, 1.82) is 0 Å². The molecular weight excluding hydrogens is 260 g/mol. The molecule has 0 spiro atoms. The van der Waals surface area contributed by atoms with E-state index in [0.29, 0.717) is 5.75 Å². The third kappa shape index (κ3) is 1.55. The lowest BCUT2D eigenvalue weighted by Crippen LogP contribution is -1.74. The van der Waals surface area contributed by atoms with Crippen LogP contribution in [0.4, 0.5) is 0 Å². The predicted molar refractivity (Wildman–Crippen MR) is 65.5 cm³/mol. The molecule has 2 aromatic rings. The summed E-state index contributed by atoms with van der Waals surface area (Å²) in [5, 5.41) is 11.7. The number of aromatic hydroxyl groups is 1. The maximum atomic E-state index is 9.85. The van der Waals surface area contributed by atoms with Gasteiger partial charge in [-0.05, 0) is 24.1 Å². The zero-order chi connectivity index (χ0) is 10.1. The van der Waals surface area contributed by atoms with E-state index >= 15 is 0 Å². The Morgan fingerprint density at radius 1 is 1.43 bits per heavy atom. The molecule has 0 atom stereocenters. The first-order valence-electron chi connectivity index (χ1n) is 4.55. The van der Waals surface area contributed by atoms with Crippen molar-refractivity contribution in [2.45, 2.75) is 18.7 Å². The van der Waals surface area contributed by atoms with E-state index in [2.05, 4.69) is 28.9 Å². The first-order valence-corrected chi connectivity index (χ1v) is 6.49. The van der Waals surface area contributed by atoms with Crippen LogP contribution in [0.1, 0.15) is 17.4 Å². The molecule has 3 heteroatoms. The zero-order valence-electron chi connectivity index (χ0n) is 7.88. The van der Waals surface area contributed by atoms with Crippen molar-refractivity contribution in [3.05, 3.63) is 28.6 Å². The van der Waals surface area contributed by atoms with Crippen LogP contribution in [0, 0.1) is 0 Å². The molecule has 0 amide bonds. The summed E-state index contributed by atoms with van der Waals surface area (Å²) in [6, 6.07) is 6.17. The average Bonchev–Trinajstić information content (AvgIpc) is 2.55. The third-order valence-corrected chi connectivity index (χ3v) is 4.21. The molecule has 0 aliphatic rings. The minimum absolute atomic E-state index is 0.466. The second-order valence-corrected chi connectivity index (χ2v) is 4.89. The van der Waals surface area contributed by atoms with Crippen LogP contribution in [0.15, 0.2) is 18.2 Å². The summed E-state index contributed by atoms with van der Waals surface area (Å²) in [5.74, 6) is 0.466. The number of thiophene rings is 1. The lowest BCUT2D eigenvalue weighted by molar-refractivity contribution is 0.478. The minimum atomic E-state index is 0.466. The van der Waals surface area contributed by atoms with Gasteiger partial charge in [0, 0.05) is 20.3 Å². The number of rotatable bonds is 2. The van der Waals surface area contributed by atoms with Crippen molar-refractivity contribution in [2.75, 3.05) is 0 Å². The van der Waals surface area contributed by atoms with Crippen molar-refractivity contribution in [3.63, 3.8) is 0 Å². The van der Waals surface area contributed by atoms with Gasteiger partial charge in [-0.1, -0.05) is 28.9 Å². The molecule has 0 aliphatic heterocycles. The van der Waals surface area contributed by atoms with Crippen LogP contribution in [0.5, 0.6) is 5.75 Å². The number of aryl methyl sites for hydroxylation is 1. The fourth-order valence-electron chi connectivity index (χ4n) is 1.50. The van der Waals surface area contributed by atoms with Crippen molar-refractivity contribution in [1.82, 2.24) is 0 Å². The Morgan fingerprint density at radius 2 is 2.21 bits per heavy atom. The van der Waals surface area contributed by atoms with Gasteiger partial charge in [-0.3, -0.25) is 0 Å². The normalized spacial score (nSPS) is 11.0. The molecule has 1 heterocycles. The van der Waals surface area contributed by atoms with E-state index in [-0.39, 0.29) is 0 Å². The van der Waals surface area contributed by atoms with Gasteiger partial charge in [0.05, 0.1) is 0 Å². The Bertz CT molecular complexity index is 462. The molecule has 14 heavy (non-hydrogen) atoms. The van der Waals surface area contributed by atoms with E-state index in [9.17, 15) is 5.11 Å². The largest absolute Gasteiger partial charge is 0.506 e. The van der Waals surface area contributed by atoms with E-state index in [0.717, 1.165) is 22.0 Å². The molecule has 0 radical (unpaired) electrons. The molecule has 0 saturated heterocycles. The molecule has 1 aromatic heterocycles. The van der Waals surface area contributed by atoms with Gasteiger partial charge < -0.3 is 5.11 Å². The van der Waals surface area contributed by atoms with Gasteiger partial charge in [-0.15, -0.1) is 11.3 Å². The predicted octanol–water partition coefficient (Wildman–Crippen LogP) is 4.06. The van der Waals surface area contributed by atoms with Gasteiger partial charge in [-0.2, -0.15) is 0 Å². The molecule has 1 aromatic carbocycles. The van der Waals surface area contributed by atoms with Crippen LogP contribution in [-0.2, 0) is 11.8 Å². The highest BCUT2D eigenvalue weighted by atomic mass is 79.9. The Hall–Kier alpha value is -0.540. The Labute approximate surface area is 95.5 Å². The van der Waals surface area contributed by atoms with Gasteiger partial charge >= 0.3 is 0 Å². The van der Waals surface area contributed by atoms with E-state index in [4.69, 9.17) is 0 Å². The van der Waals surface area contributed by atoms with E-state index in [1.54, 1.807) is 11.3 Å². The number of alkyl halides is 1. The molecule has 0 bridgehead atoms. The molecule has 0 fully saturated rings. The van der Waals surface area contributed by atoms with Gasteiger partial charge in [0.1, 0.15) is 5.75 Å². The highest BCUT2D eigenvalue weighted by molar-refractivity contribution is 9.08. The first-order chi connectivity index (χ1) is 6.76. The number of halogens is 1. The molecule has 0 unspecified atom stereocenters. The molecule has 74 valence electrons. The smallest absolute Gasteiger partial charge is 0.137 e. The number of hydrogen-bond donors (Lipinski definition) is 1. The van der Waals surface area contributed by atoms with Crippen molar-refractivity contribution < 1.29 is 5.11 Å². The van der Waals surface area contributed by atoms with Crippen LogP contribution < -0.4 is 0 Å². The number of benzene rings is 1. The summed E-state index contributed by atoms with van der Waals surface area (Å²) >= 11 is 5.11. The zero-order valence-corrected chi connectivity index (χ0v) is 10.3. The fraction of sp³-hybridized carbons (Fsp3) is 0.273. The first kappa shape index (κ1) is 9.99. The van der Waals surface area contributed by atoms with Crippen LogP contribution >= 0.6 is 27.3 Å². The molecule has 1 N–H and O–H groups in total. The van der Waals surface area contributed by atoms with Gasteiger partial charge in [-0.25, -0.2) is 0 Å². The Balaban J connectivity index is 2.66. The van der Waals surface area contributed by atoms with Gasteiger partial charge in [0.2, 0.25) is 0 Å². The van der Waals surface area contributed by atoms with E-state index in [1.807, 2.05) is 12.1 Å². The third-order valence-electron chi connectivity index (χ3n) is 2.27. The SMILES string of the molecule is CCc1sc2cc(CBr)ccc2c1O. The lowest BCUT2D eigenvalue weighted by Gasteiger charge is -1.95. The maximum Gasteiger partial charge on any atom is 0.137 e. The van der Waals surface area contributed by atoms with E-state index in [1.165, 1.54) is 10.3 Å². The summed E-state index contributed by atoms with van der Waals surface area (Å²) in [7, 11) is 0. The van der Waals surface area contributed by atoms with Crippen LogP contribution in [-0.4, -0.2) is 5.11 Å². The molecule has 1 nitrogen and oxygen atoms in total. The molecule has 0 saturated carbocycles. The van der Waals surface area contributed by atoms with Crippen molar-refractivity contribution >= 4 is 37.4 Å². The van der Waals surface area contributed by atoms with Crippen molar-refractivity contribution in [3.8, 4) is 5.75 Å². The number of hydrogen-bond acceptors (Lipinski definition) is 2. The van der Waals surface area contributed by atoms with Crippen LogP contribution in [0.2, 0.25) is 0 Å². The van der Waals surface area contributed by atoms with Crippen molar-refractivity contribution in [2.24, 2.45) is 0 Å². The highest BCUT2D eigenvalue weighted by Crippen LogP contribution is 2.37. The monoisotopic (exact) mass is 270 g/mol. The lowest BCUT2D eigenvalue weighted by atomic mass is 10.2. The fourth-order valence-corrected chi connectivity index (χ4v) is 2.95. The summed E-state index contributed by atoms with van der Waals surface area (Å²) in [6.07, 6.45) is 0.898. The quantitative estimate of drug-likeness (QED) is 0.816. The average molecular weight is 271 g/mol. The summed E-state index contributed by atoms with van der Waals surface area (Å²) < 4.78 is 1.18. The minimum Gasteiger partial charge on any atom is -0.506 e. The maximum absolute atomic E-state index is 9.85. The number of fused-ring (bicyclic) bond motifs is 1. The van der Waals surface area contributed by atoms with Gasteiger partial charge in [0.15, 0.2) is 0 Å². The standard InChI is InChI=1S/C11H11BrOS/c1-2-9-11(13)8-4-3-7(6-12)5-10(8)14-9/h3-5,13H,2,6H2,1H3. The second-order valence-electron chi connectivity index (χ2n) is 3.19. The Kier molecular flexibility index (Phi) is 2.79. The Morgan fingerprint density at radius 3 is 2.86 bits per heavy atom. The van der Waals surface area contributed by atoms with Crippen LogP contribution in [0.3, 0.4) is 0 Å². The highest BCUT2D eigenvalue weighted by Gasteiger charge is 2.09. The topological polar surface area (TPSA) is 20.2 Å². The van der Waals surface area contributed by atoms with E-state index < -0.39 is 0 Å². The molecule has 0 aliphatic carbocycles. The molecule has 2 rings (SSSR count). The van der Waals surface area contributed by atoms with Gasteiger partial charge in [0.25, 0.3) is 0 Å². The van der Waals surface area contributed by atoms with Crippen LogP contribution in [0.25, 0.3) is 10.1 Å². The summed E-state index contributed by atoms with van der Waals surface area (Å²) in [6.45, 7) is 2.07. The second kappa shape index (κ2) is 3.91. The molecular formula is C11H11BrOS. The summed E-state index contributed by atoms with van der Waals surface area (Å²) in [5.41, 5.74) is 1.25. The summed E-state index contributed by atoms with van der Waals surface area (Å²) in [4.78, 5) is 1.08.